The number of carboxylic acid groups (broad SMARTS) is 1. The lowest BCUT2D eigenvalue weighted by Crippen LogP contribution is -2.49. The van der Waals surface area contributed by atoms with Gasteiger partial charge in [0, 0.05) is 25.0 Å². The molecule has 0 radical (unpaired) electrons. The van der Waals surface area contributed by atoms with E-state index in [9.17, 15) is 19.5 Å². The molecule has 1 heterocycles. The van der Waals surface area contributed by atoms with Crippen molar-refractivity contribution in [2.24, 2.45) is 11.8 Å². The first kappa shape index (κ1) is 24.7. The van der Waals surface area contributed by atoms with Crippen LogP contribution in [-0.4, -0.2) is 55.0 Å². The fraction of sp³-hybridized carbons (Fsp3) is 0.444. The first-order valence-corrected chi connectivity index (χ1v) is 12.1. The number of amides is 2. The van der Waals surface area contributed by atoms with Crippen LogP contribution in [0, 0.1) is 11.8 Å². The monoisotopic (exact) mass is 480 g/mol. The van der Waals surface area contributed by atoms with Crippen LogP contribution in [0.1, 0.15) is 43.7 Å². The Hall–Kier alpha value is -3.39. The molecule has 1 aliphatic heterocycles. The summed E-state index contributed by atoms with van der Waals surface area (Å²) in [4.78, 5) is 36.7. The van der Waals surface area contributed by atoms with E-state index in [1.54, 1.807) is 0 Å². The maximum atomic E-state index is 12.7. The van der Waals surface area contributed by atoms with Crippen molar-refractivity contribution in [2.45, 2.75) is 44.8 Å². The maximum Gasteiger partial charge on any atom is 0.407 e. The van der Waals surface area contributed by atoms with Crippen LogP contribution < -0.4 is 10.6 Å². The summed E-state index contributed by atoms with van der Waals surface area (Å²) < 4.78 is 11.1. The molecule has 2 aromatic rings. The number of aliphatic carboxylic acids is 1. The number of benzene rings is 2. The summed E-state index contributed by atoms with van der Waals surface area (Å²) in [5.74, 6) is -1.71. The molecule has 3 N–H and O–H groups in total. The van der Waals surface area contributed by atoms with Gasteiger partial charge in [0.05, 0.1) is 0 Å². The fourth-order valence-corrected chi connectivity index (χ4v) is 4.94. The molecule has 0 aromatic heterocycles. The van der Waals surface area contributed by atoms with Crippen molar-refractivity contribution in [2.75, 3.05) is 19.8 Å². The van der Waals surface area contributed by atoms with Gasteiger partial charge >= 0.3 is 12.1 Å². The van der Waals surface area contributed by atoms with Crippen molar-refractivity contribution in [3.05, 3.63) is 59.7 Å². The Labute approximate surface area is 205 Å². The SMILES string of the molecule is CC(C)C[C@@H](NC(=O)C1OCCC1CNC(=O)OCC1c2ccccc2-c2ccccc21)C(=O)O. The highest BCUT2D eigenvalue weighted by molar-refractivity contribution is 5.86. The fourth-order valence-electron chi connectivity index (χ4n) is 4.94. The van der Waals surface area contributed by atoms with Crippen LogP contribution in [0.5, 0.6) is 0 Å². The van der Waals surface area contributed by atoms with E-state index >= 15 is 0 Å². The minimum absolute atomic E-state index is 0.0320. The molecule has 0 saturated carbocycles. The maximum absolute atomic E-state index is 12.7. The number of ether oxygens (including phenoxy) is 2. The van der Waals surface area contributed by atoms with Crippen molar-refractivity contribution >= 4 is 18.0 Å². The lowest BCUT2D eigenvalue weighted by Gasteiger charge is -2.22. The molecular weight excluding hydrogens is 448 g/mol. The average Bonchev–Trinajstić information content (AvgIpc) is 3.43. The molecule has 2 aromatic carbocycles. The molecule has 2 amide bonds. The number of rotatable bonds is 9. The Kier molecular flexibility index (Phi) is 7.70. The van der Waals surface area contributed by atoms with Crippen molar-refractivity contribution in [1.29, 1.82) is 0 Å². The second-order valence-corrected chi connectivity index (χ2v) is 9.58. The molecule has 4 rings (SSSR count). The van der Waals surface area contributed by atoms with Gasteiger partial charge in [-0.2, -0.15) is 0 Å². The van der Waals surface area contributed by atoms with Crippen molar-refractivity contribution in [3.8, 4) is 11.1 Å². The van der Waals surface area contributed by atoms with Crippen molar-refractivity contribution in [3.63, 3.8) is 0 Å². The number of carbonyl (C=O) groups is 3. The number of carboxylic acids is 1. The number of nitrogens with one attached hydrogen (secondary N) is 2. The van der Waals surface area contributed by atoms with Crippen LogP contribution >= 0.6 is 0 Å². The number of hydrogen-bond acceptors (Lipinski definition) is 5. The van der Waals surface area contributed by atoms with Crippen LogP contribution in [0.4, 0.5) is 4.79 Å². The lowest BCUT2D eigenvalue weighted by atomic mass is 9.98. The zero-order valence-corrected chi connectivity index (χ0v) is 20.0. The summed E-state index contributed by atoms with van der Waals surface area (Å²) in [7, 11) is 0. The second-order valence-electron chi connectivity index (χ2n) is 9.58. The van der Waals surface area contributed by atoms with Crippen LogP contribution in [0.2, 0.25) is 0 Å². The third-order valence-electron chi connectivity index (χ3n) is 6.65. The number of alkyl carbamates (subject to hydrolysis) is 1. The molecule has 8 nitrogen and oxygen atoms in total. The highest BCUT2D eigenvalue weighted by Crippen LogP contribution is 2.44. The molecular formula is C27H32N2O6. The summed E-state index contributed by atoms with van der Waals surface area (Å²) >= 11 is 0. The van der Waals surface area contributed by atoms with E-state index in [1.807, 2.05) is 38.1 Å². The largest absolute Gasteiger partial charge is 0.480 e. The van der Waals surface area contributed by atoms with Crippen LogP contribution in [-0.2, 0) is 19.1 Å². The van der Waals surface area contributed by atoms with E-state index in [4.69, 9.17) is 9.47 Å². The predicted molar refractivity (Wildman–Crippen MR) is 130 cm³/mol. The van der Waals surface area contributed by atoms with E-state index < -0.39 is 30.1 Å². The highest BCUT2D eigenvalue weighted by atomic mass is 16.5. The Bertz CT molecular complexity index is 1040. The molecule has 186 valence electrons. The van der Waals surface area contributed by atoms with Gasteiger partial charge in [0.1, 0.15) is 18.8 Å². The Balaban J connectivity index is 1.30. The highest BCUT2D eigenvalue weighted by Gasteiger charge is 2.36. The first-order chi connectivity index (χ1) is 16.8. The van der Waals surface area contributed by atoms with Crippen LogP contribution in [0.15, 0.2) is 48.5 Å². The van der Waals surface area contributed by atoms with E-state index in [2.05, 4.69) is 34.9 Å². The molecule has 1 fully saturated rings. The van der Waals surface area contributed by atoms with Gasteiger partial charge in [-0.05, 0) is 41.0 Å². The van der Waals surface area contributed by atoms with Gasteiger partial charge in [0.2, 0.25) is 5.91 Å². The van der Waals surface area contributed by atoms with E-state index in [1.165, 1.54) is 0 Å². The molecule has 2 aliphatic rings. The molecule has 1 aliphatic carbocycles. The molecule has 8 heteroatoms. The molecule has 0 spiro atoms. The van der Waals surface area contributed by atoms with Crippen molar-refractivity contribution in [1.82, 2.24) is 10.6 Å². The number of carbonyl (C=O) groups excluding carboxylic acids is 2. The zero-order valence-electron chi connectivity index (χ0n) is 20.0. The summed E-state index contributed by atoms with van der Waals surface area (Å²) in [5.41, 5.74) is 4.59. The topological polar surface area (TPSA) is 114 Å². The zero-order chi connectivity index (χ0) is 24.9. The third-order valence-corrected chi connectivity index (χ3v) is 6.65. The van der Waals surface area contributed by atoms with Gasteiger partial charge < -0.3 is 25.2 Å². The Morgan fingerprint density at radius 3 is 2.29 bits per heavy atom. The van der Waals surface area contributed by atoms with Crippen LogP contribution in [0.25, 0.3) is 11.1 Å². The second kappa shape index (κ2) is 10.9. The molecule has 3 atom stereocenters. The summed E-state index contributed by atoms with van der Waals surface area (Å²) in [6.07, 6.45) is -0.445. The van der Waals surface area contributed by atoms with Gasteiger partial charge in [-0.1, -0.05) is 62.4 Å². The molecule has 0 bridgehead atoms. The summed E-state index contributed by atoms with van der Waals surface area (Å²) in [5, 5.41) is 14.7. The van der Waals surface area contributed by atoms with Gasteiger partial charge in [-0.15, -0.1) is 0 Å². The van der Waals surface area contributed by atoms with E-state index in [0.29, 0.717) is 19.4 Å². The quantitative estimate of drug-likeness (QED) is 0.506. The first-order valence-electron chi connectivity index (χ1n) is 12.1. The molecule has 1 saturated heterocycles. The standard InChI is InChI=1S/C27H32N2O6/c1-16(2)13-23(26(31)32)29-25(30)24-17(11-12-34-24)14-28-27(33)35-15-22-20-9-5-3-7-18(20)19-8-4-6-10-21(19)22/h3-10,16-17,22-24H,11-15H2,1-2H3,(H,28,33)(H,29,30)(H,31,32)/t17?,23-,24?/m1/s1. The van der Waals surface area contributed by atoms with Gasteiger partial charge in [0.25, 0.3) is 0 Å². The van der Waals surface area contributed by atoms with E-state index in [-0.39, 0.29) is 30.9 Å². The lowest BCUT2D eigenvalue weighted by molar-refractivity contribution is -0.144. The Morgan fingerprint density at radius 2 is 1.69 bits per heavy atom. The minimum atomic E-state index is -1.07. The molecule has 35 heavy (non-hydrogen) atoms. The summed E-state index contributed by atoms with van der Waals surface area (Å²) in [6.45, 7) is 4.58. The van der Waals surface area contributed by atoms with Crippen LogP contribution in [0.3, 0.4) is 0 Å². The van der Waals surface area contributed by atoms with Crippen molar-refractivity contribution < 1.29 is 29.0 Å². The van der Waals surface area contributed by atoms with Gasteiger partial charge in [-0.3, -0.25) is 4.79 Å². The normalized spacial score (nSPS) is 19.6. The Morgan fingerprint density at radius 1 is 1.06 bits per heavy atom. The molecule has 2 unspecified atom stereocenters. The minimum Gasteiger partial charge on any atom is -0.480 e. The third kappa shape index (κ3) is 5.65. The average molecular weight is 481 g/mol. The smallest absolute Gasteiger partial charge is 0.407 e. The van der Waals surface area contributed by atoms with Gasteiger partial charge in [0.15, 0.2) is 0 Å². The number of fused-ring (bicyclic) bond motifs is 3. The number of hydrogen-bond donors (Lipinski definition) is 3. The summed E-state index contributed by atoms with van der Waals surface area (Å²) in [6, 6.07) is 15.3. The van der Waals surface area contributed by atoms with E-state index in [0.717, 1.165) is 22.3 Å². The van der Waals surface area contributed by atoms with Gasteiger partial charge in [-0.25, -0.2) is 9.59 Å². The predicted octanol–water partition coefficient (Wildman–Crippen LogP) is 3.55.